The number of nitrogens with zero attached hydrogens (tertiary/aromatic N) is 1. The molecule has 4 rings (SSSR count). The molecule has 0 fully saturated rings. The van der Waals surface area contributed by atoms with Gasteiger partial charge in [0.1, 0.15) is 5.76 Å². The maximum atomic E-state index is 9.60. The zero-order chi connectivity index (χ0) is 18.6. The Hall–Kier alpha value is -2.93. The average molecular weight is 388 g/mol. The van der Waals surface area contributed by atoms with Crippen molar-refractivity contribution in [2.45, 2.75) is 9.99 Å². The van der Waals surface area contributed by atoms with Crippen LogP contribution in [-0.2, 0) is 0 Å². The summed E-state index contributed by atoms with van der Waals surface area (Å²) >= 11 is 7.43. The minimum Gasteiger partial charge on any atom is -0.450 e. The fourth-order valence-corrected chi connectivity index (χ4v) is 3.67. The molecule has 0 aliphatic carbocycles. The van der Waals surface area contributed by atoms with E-state index in [1.165, 1.54) is 11.8 Å². The summed E-state index contributed by atoms with van der Waals surface area (Å²) in [5, 5.41) is 13.3. The molecule has 130 valence electrons. The number of halogens is 1. The van der Waals surface area contributed by atoms with Gasteiger partial charge in [-0.05, 0) is 64.9 Å². The van der Waals surface area contributed by atoms with Gasteiger partial charge in [-0.15, -0.1) is 0 Å². The first-order valence-electron chi connectivity index (χ1n) is 8.35. The quantitative estimate of drug-likeness (QED) is 0.344. The minimum atomic E-state index is 0.568. The molecule has 1 aromatic heterocycles. The summed E-state index contributed by atoms with van der Waals surface area (Å²) in [6, 6.07) is 27.8. The van der Waals surface area contributed by atoms with E-state index in [2.05, 4.69) is 12.1 Å². The van der Waals surface area contributed by atoms with E-state index >= 15 is 0 Å². The summed E-state index contributed by atoms with van der Waals surface area (Å²) in [5.74, 6) is 0.649. The molecule has 2 nitrogen and oxygen atoms in total. The van der Waals surface area contributed by atoms with Crippen LogP contribution in [0.5, 0.6) is 0 Å². The number of hydrogen-bond donors (Lipinski definition) is 0. The lowest BCUT2D eigenvalue weighted by Crippen LogP contribution is -1.82. The van der Waals surface area contributed by atoms with Crippen molar-refractivity contribution in [2.75, 3.05) is 0 Å². The van der Waals surface area contributed by atoms with Gasteiger partial charge in [-0.3, -0.25) is 0 Å². The molecule has 0 N–H and O–H groups in total. The molecule has 0 saturated carbocycles. The molecule has 0 atom stereocenters. The van der Waals surface area contributed by atoms with Gasteiger partial charge in [0.05, 0.1) is 11.6 Å². The average Bonchev–Trinajstić information content (AvgIpc) is 3.14. The first-order valence-corrected chi connectivity index (χ1v) is 9.55. The molecule has 27 heavy (non-hydrogen) atoms. The van der Waals surface area contributed by atoms with Crippen LogP contribution >= 0.6 is 23.4 Å². The molecule has 0 aliphatic heterocycles. The molecular formula is C23H14ClNOS. The molecule has 0 radical (unpaired) electrons. The highest BCUT2D eigenvalue weighted by Crippen LogP contribution is 2.31. The minimum absolute atomic E-state index is 0.568. The highest BCUT2D eigenvalue weighted by atomic mass is 35.5. The van der Waals surface area contributed by atoms with Crippen molar-refractivity contribution in [1.82, 2.24) is 0 Å². The Balaban J connectivity index is 1.60. The Morgan fingerprint density at radius 1 is 0.926 bits per heavy atom. The third kappa shape index (κ3) is 4.09. The van der Waals surface area contributed by atoms with Gasteiger partial charge >= 0.3 is 0 Å². The van der Waals surface area contributed by atoms with Crippen LogP contribution in [0.2, 0.25) is 5.02 Å². The number of furan rings is 1. The van der Waals surface area contributed by atoms with Crippen molar-refractivity contribution in [3.05, 3.63) is 95.2 Å². The number of rotatable bonds is 4. The smallest absolute Gasteiger partial charge is 0.165 e. The molecule has 1 heterocycles. The number of fused-ring (bicyclic) bond motifs is 1. The molecular weight excluding hydrogens is 374 g/mol. The molecule has 0 aliphatic rings. The topological polar surface area (TPSA) is 36.9 Å². The van der Waals surface area contributed by atoms with Crippen molar-refractivity contribution in [3.63, 3.8) is 0 Å². The van der Waals surface area contributed by atoms with Gasteiger partial charge in [0, 0.05) is 9.92 Å². The van der Waals surface area contributed by atoms with Crippen molar-refractivity contribution >= 4 is 45.8 Å². The molecule has 0 bridgehead atoms. The second-order valence-electron chi connectivity index (χ2n) is 5.94. The van der Waals surface area contributed by atoms with Crippen LogP contribution in [0.3, 0.4) is 0 Å². The van der Waals surface area contributed by atoms with E-state index in [0.29, 0.717) is 16.4 Å². The Bertz CT molecular complexity index is 1170. The number of hydrogen-bond acceptors (Lipinski definition) is 3. The monoisotopic (exact) mass is 387 g/mol. The summed E-state index contributed by atoms with van der Waals surface area (Å²) in [4.78, 5) is 1.04. The van der Waals surface area contributed by atoms with Crippen molar-refractivity contribution in [3.8, 4) is 6.07 Å². The largest absolute Gasteiger partial charge is 0.450 e. The third-order valence-corrected chi connectivity index (χ3v) is 5.28. The van der Waals surface area contributed by atoms with E-state index in [1.807, 2.05) is 72.8 Å². The molecule has 0 saturated heterocycles. The molecule has 4 aromatic rings. The fraction of sp³-hybridized carbons (Fsp3) is 0. The maximum Gasteiger partial charge on any atom is 0.165 e. The Labute approximate surface area is 166 Å². The molecule has 3 aromatic carbocycles. The second kappa shape index (κ2) is 7.75. The molecule has 0 unspecified atom stereocenters. The van der Waals surface area contributed by atoms with E-state index in [-0.39, 0.29) is 0 Å². The summed E-state index contributed by atoms with van der Waals surface area (Å²) in [6.45, 7) is 0. The van der Waals surface area contributed by atoms with Gasteiger partial charge in [0.25, 0.3) is 0 Å². The van der Waals surface area contributed by atoms with Crippen LogP contribution in [0.4, 0.5) is 0 Å². The van der Waals surface area contributed by atoms with E-state index in [1.54, 1.807) is 6.08 Å². The van der Waals surface area contributed by atoms with E-state index in [9.17, 15) is 5.26 Å². The van der Waals surface area contributed by atoms with Crippen LogP contribution in [0.25, 0.3) is 22.4 Å². The van der Waals surface area contributed by atoms with Crippen LogP contribution in [0.1, 0.15) is 11.3 Å². The predicted molar refractivity (Wildman–Crippen MR) is 112 cm³/mol. The zero-order valence-corrected chi connectivity index (χ0v) is 15.8. The first kappa shape index (κ1) is 17.5. The fourth-order valence-electron chi connectivity index (χ4n) is 2.76. The Morgan fingerprint density at radius 2 is 1.70 bits per heavy atom. The lowest BCUT2D eigenvalue weighted by Gasteiger charge is -2.02. The van der Waals surface area contributed by atoms with Crippen LogP contribution in [-0.4, -0.2) is 0 Å². The van der Waals surface area contributed by atoms with Crippen molar-refractivity contribution in [1.29, 1.82) is 5.26 Å². The van der Waals surface area contributed by atoms with E-state index in [4.69, 9.17) is 16.0 Å². The molecule has 4 heteroatoms. The molecule has 0 spiro atoms. The van der Waals surface area contributed by atoms with Gasteiger partial charge in [0.2, 0.25) is 0 Å². The van der Waals surface area contributed by atoms with Gasteiger partial charge in [-0.2, -0.15) is 5.26 Å². The van der Waals surface area contributed by atoms with Crippen molar-refractivity contribution in [2.24, 2.45) is 0 Å². The van der Waals surface area contributed by atoms with E-state index in [0.717, 1.165) is 26.3 Å². The summed E-state index contributed by atoms with van der Waals surface area (Å²) in [5.41, 5.74) is 1.44. The highest BCUT2D eigenvalue weighted by molar-refractivity contribution is 7.99. The number of allylic oxidation sites excluding steroid dienone is 1. The third-order valence-electron chi connectivity index (χ3n) is 4.10. The summed E-state index contributed by atoms with van der Waals surface area (Å²) < 4.78 is 5.86. The van der Waals surface area contributed by atoms with Gasteiger partial charge in [-0.25, -0.2) is 0 Å². The van der Waals surface area contributed by atoms with E-state index < -0.39 is 0 Å². The second-order valence-corrected chi connectivity index (χ2v) is 7.46. The summed E-state index contributed by atoms with van der Waals surface area (Å²) in [7, 11) is 0. The maximum absolute atomic E-state index is 9.60. The zero-order valence-electron chi connectivity index (χ0n) is 14.2. The summed E-state index contributed by atoms with van der Waals surface area (Å²) in [6.07, 6.45) is 1.77. The lowest BCUT2D eigenvalue weighted by molar-refractivity contribution is 0.466. The highest BCUT2D eigenvalue weighted by Gasteiger charge is 2.07. The van der Waals surface area contributed by atoms with Gasteiger partial charge in [0.15, 0.2) is 5.09 Å². The molecule has 0 amide bonds. The van der Waals surface area contributed by atoms with Gasteiger partial charge < -0.3 is 4.42 Å². The predicted octanol–water partition coefficient (Wildman–Crippen LogP) is 7.30. The Morgan fingerprint density at radius 3 is 2.48 bits per heavy atom. The van der Waals surface area contributed by atoms with Crippen LogP contribution in [0.15, 0.2) is 93.3 Å². The first-order chi connectivity index (χ1) is 13.2. The van der Waals surface area contributed by atoms with Crippen LogP contribution in [0, 0.1) is 11.3 Å². The number of benzene rings is 3. The van der Waals surface area contributed by atoms with Crippen LogP contribution < -0.4 is 0 Å². The van der Waals surface area contributed by atoms with Gasteiger partial charge in [-0.1, -0.05) is 59.8 Å². The SMILES string of the molecule is N#C/C(=C/c1ccc(Sc2ccc(Cl)cc2)o1)c1ccc2ccccc2c1. The lowest BCUT2D eigenvalue weighted by atomic mass is 10.0. The normalized spacial score (nSPS) is 11.5. The van der Waals surface area contributed by atoms with Crippen molar-refractivity contribution < 1.29 is 4.42 Å². The number of nitriles is 1. The Kier molecular flexibility index (Phi) is 5.02. The standard InChI is InChI=1S/C23H14ClNOS/c24-20-7-10-22(11-8-20)27-23-12-9-21(26-23)14-19(15-25)18-6-5-16-3-1-2-4-17(16)13-18/h1-14H/b19-14-.